The van der Waals surface area contributed by atoms with Gasteiger partial charge in [0.15, 0.2) is 5.78 Å². The van der Waals surface area contributed by atoms with Gasteiger partial charge in [-0.15, -0.1) is 11.3 Å². The van der Waals surface area contributed by atoms with E-state index in [0.29, 0.717) is 5.56 Å². The number of carbonyl (C=O) groups is 1. The van der Waals surface area contributed by atoms with E-state index in [1.165, 1.54) is 29.5 Å². The zero-order chi connectivity index (χ0) is 14.9. The number of benzene rings is 1. The van der Waals surface area contributed by atoms with Gasteiger partial charge in [-0.25, -0.2) is 9.37 Å². The maximum absolute atomic E-state index is 13.1. The molecule has 0 bridgehead atoms. The number of Topliss-reactive ketones (excluding diaryl/α,β-unsaturated/α-hetero) is 1. The summed E-state index contributed by atoms with van der Waals surface area (Å²) in [7, 11) is 0. The Labute approximate surface area is 126 Å². The molecule has 1 heterocycles. The summed E-state index contributed by atoms with van der Waals surface area (Å²) in [6, 6.07) is 4.01. The van der Waals surface area contributed by atoms with E-state index < -0.39 is 5.82 Å². The van der Waals surface area contributed by atoms with Crippen LogP contribution in [0.5, 0.6) is 0 Å². The first kappa shape index (κ1) is 15.1. The van der Waals surface area contributed by atoms with Crippen molar-refractivity contribution in [2.45, 2.75) is 32.6 Å². The summed E-state index contributed by atoms with van der Waals surface area (Å²) in [5, 5.41) is 2.70. The molecule has 5 heteroatoms. The third kappa shape index (κ3) is 3.44. The van der Waals surface area contributed by atoms with Crippen molar-refractivity contribution in [3.63, 3.8) is 0 Å². The molecule has 2 aromatic rings. The topological polar surface area (TPSA) is 30.0 Å². The molecule has 20 heavy (non-hydrogen) atoms. The highest BCUT2D eigenvalue weighted by molar-refractivity contribution is 7.09. The average molecular weight is 312 g/mol. The Morgan fingerprint density at radius 1 is 1.40 bits per heavy atom. The second-order valence-corrected chi connectivity index (χ2v) is 6.96. The number of thiazole rings is 1. The number of hydrogen-bond donors (Lipinski definition) is 0. The minimum atomic E-state index is -0.521. The van der Waals surface area contributed by atoms with Crippen molar-refractivity contribution in [2.24, 2.45) is 0 Å². The smallest absolute Gasteiger partial charge is 0.169 e. The summed E-state index contributed by atoms with van der Waals surface area (Å²) in [6.07, 6.45) is 0.211. The van der Waals surface area contributed by atoms with Gasteiger partial charge in [0.2, 0.25) is 0 Å². The summed E-state index contributed by atoms with van der Waals surface area (Å²) >= 11 is 7.15. The summed E-state index contributed by atoms with van der Waals surface area (Å²) in [5.41, 5.74) is 1.35. The Bertz CT molecular complexity index is 646. The minimum absolute atomic E-state index is 0.0308. The summed E-state index contributed by atoms with van der Waals surface area (Å²) in [5.74, 6) is -0.630. The second-order valence-electron chi connectivity index (χ2n) is 5.61. The van der Waals surface area contributed by atoms with Crippen LogP contribution in [0.15, 0.2) is 23.6 Å². The fourth-order valence-corrected chi connectivity index (χ4v) is 2.85. The fraction of sp³-hybridized carbons (Fsp3) is 0.333. The quantitative estimate of drug-likeness (QED) is 0.772. The molecule has 0 N–H and O–H groups in total. The van der Waals surface area contributed by atoms with Gasteiger partial charge in [-0.05, 0) is 18.2 Å². The highest BCUT2D eigenvalue weighted by Gasteiger charge is 2.19. The van der Waals surface area contributed by atoms with Gasteiger partial charge in [-0.1, -0.05) is 32.4 Å². The van der Waals surface area contributed by atoms with Crippen LogP contribution in [0.4, 0.5) is 4.39 Å². The molecule has 1 aromatic heterocycles. The van der Waals surface area contributed by atoms with Gasteiger partial charge in [-0.2, -0.15) is 0 Å². The van der Waals surface area contributed by atoms with E-state index in [9.17, 15) is 9.18 Å². The molecule has 0 aliphatic heterocycles. The van der Waals surface area contributed by atoms with Gasteiger partial charge in [0, 0.05) is 16.4 Å². The van der Waals surface area contributed by atoms with E-state index in [0.717, 1.165) is 10.7 Å². The van der Waals surface area contributed by atoms with Crippen LogP contribution in [0.1, 0.15) is 41.8 Å². The summed E-state index contributed by atoms with van der Waals surface area (Å²) in [4.78, 5) is 16.6. The van der Waals surface area contributed by atoms with Crippen molar-refractivity contribution in [1.29, 1.82) is 0 Å². The average Bonchev–Trinajstić information content (AvgIpc) is 2.81. The highest BCUT2D eigenvalue weighted by Crippen LogP contribution is 2.25. The Morgan fingerprint density at radius 2 is 2.10 bits per heavy atom. The van der Waals surface area contributed by atoms with Crippen LogP contribution in [0.2, 0.25) is 5.02 Å². The van der Waals surface area contributed by atoms with Crippen molar-refractivity contribution in [3.8, 4) is 0 Å². The first-order chi connectivity index (χ1) is 9.27. The van der Waals surface area contributed by atoms with Crippen LogP contribution < -0.4 is 0 Å². The Balaban J connectivity index is 2.15. The van der Waals surface area contributed by atoms with Crippen LogP contribution in [0.3, 0.4) is 0 Å². The molecule has 0 aliphatic rings. The number of nitrogens with zero attached hydrogens (tertiary/aromatic N) is 1. The third-order valence-corrected chi connectivity index (χ3v) is 4.01. The lowest BCUT2D eigenvalue weighted by Gasteiger charge is -2.14. The van der Waals surface area contributed by atoms with Crippen molar-refractivity contribution in [2.75, 3.05) is 0 Å². The number of halogens is 2. The van der Waals surface area contributed by atoms with Gasteiger partial charge >= 0.3 is 0 Å². The monoisotopic (exact) mass is 311 g/mol. The molecule has 2 nitrogen and oxygen atoms in total. The van der Waals surface area contributed by atoms with E-state index in [1.54, 1.807) is 0 Å². The molecule has 1 aromatic carbocycles. The normalized spacial score (nSPS) is 11.7. The molecule has 2 rings (SSSR count). The summed E-state index contributed by atoms with van der Waals surface area (Å²) < 4.78 is 13.1. The van der Waals surface area contributed by atoms with Gasteiger partial charge in [0.25, 0.3) is 0 Å². The standard InChI is InChI=1S/C15H15ClFNOS/c1-15(2,3)13-8-20-14(18-13)7-12(19)9-4-5-11(17)10(16)6-9/h4-6,8H,7H2,1-3H3. The van der Waals surface area contributed by atoms with Crippen molar-refractivity contribution >= 4 is 28.7 Å². The number of carbonyl (C=O) groups excluding carboxylic acids is 1. The zero-order valence-corrected chi connectivity index (χ0v) is 13.1. The predicted octanol–water partition coefficient (Wildman–Crippen LogP) is 4.66. The molecule has 0 unspecified atom stereocenters. The molecule has 0 spiro atoms. The van der Waals surface area contributed by atoms with E-state index in [2.05, 4.69) is 25.8 Å². The molecular formula is C15H15ClFNOS. The van der Waals surface area contributed by atoms with E-state index in [-0.39, 0.29) is 22.6 Å². The molecule has 0 fully saturated rings. The predicted molar refractivity (Wildman–Crippen MR) is 80.3 cm³/mol. The summed E-state index contributed by atoms with van der Waals surface area (Å²) in [6.45, 7) is 6.23. The Kier molecular flexibility index (Phi) is 4.25. The largest absolute Gasteiger partial charge is 0.294 e. The van der Waals surface area contributed by atoms with Gasteiger partial charge in [0.1, 0.15) is 10.8 Å². The van der Waals surface area contributed by atoms with Crippen LogP contribution in [-0.2, 0) is 11.8 Å². The first-order valence-corrected chi connectivity index (χ1v) is 7.46. The third-order valence-electron chi connectivity index (χ3n) is 2.87. The number of aromatic nitrogens is 1. The molecule has 0 atom stereocenters. The Morgan fingerprint density at radius 3 is 2.65 bits per heavy atom. The lowest BCUT2D eigenvalue weighted by Crippen LogP contribution is -2.12. The number of rotatable bonds is 3. The van der Waals surface area contributed by atoms with Crippen LogP contribution in [0.25, 0.3) is 0 Å². The lowest BCUT2D eigenvalue weighted by molar-refractivity contribution is 0.0993. The molecule has 0 saturated carbocycles. The fourth-order valence-electron chi connectivity index (χ4n) is 1.65. The van der Waals surface area contributed by atoms with Crippen molar-refractivity contribution in [3.05, 3.63) is 50.7 Å². The van der Waals surface area contributed by atoms with Gasteiger partial charge < -0.3 is 0 Å². The van der Waals surface area contributed by atoms with E-state index in [1.807, 2.05) is 5.38 Å². The Hall–Kier alpha value is -1.26. The van der Waals surface area contributed by atoms with Crippen LogP contribution in [-0.4, -0.2) is 10.8 Å². The lowest BCUT2D eigenvalue weighted by atomic mass is 9.93. The van der Waals surface area contributed by atoms with Crippen LogP contribution in [0, 0.1) is 5.82 Å². The molecular weight excluding hydrogens is 297 g/mol. The van der Waals surface area contributed by atoms with Crippen molar-refractivity contribution in [1.82, 2.24) is 4.98 Å². The molecule has 0 radical (unpaired) electrons. The SMILES string of the molecule is CC(C)(C)c1csc(CC(=O)c2ccc(F)c(Cl)c2)n1. The molecule has 0 amide bonds. The first-order valence-electron chi connectivity index (χ1n) is 6.20. The maximum atomic E-state index is 13.1. The van der Waals surface area contributed by atoms with Crippen LogP contribution >= 0.6 is 22.9 Å². The van der Waals surface area contributed by atoms with E-state index in [4.69, 9.17) is 11.6 Å². The molecule has 0 saturated heterocycles. The molecule has 106 valence electrons. The maximum Gasteiger partial charge on any atom is 0.169 e. The van der Waals surface area contributed by atoms with E-state index >= 15 is 0 Å². The number of hydrogen-bond acceptors (Lipinski definition) is 3. The minimum Gasteiger partial charge on any atom is -0.294 e. The molecule has 0 aliphatic carbocycles. The van der Waals surface area contributed by atoms with Gasteiger partial charge in [-0.3, -0.25) is 4.79 Å². The van der Waals surface area contributed by atoms with Gasteiger partial charge in [0.05, 0.1) is 17.1 Å². The van der Waals surface area contributed by atoms with Crippen molar-refractivity contribution < 1.29 is 9.18 Å². The highest BCUT2D eigenvalue weighted by atomic mass is 35.5. The zero-order valence-electron chi connectivity index (χ0n) is 11.5. The second kappa shape index (κ2) is 5.62. The number of ketones is 1.